The van der Waals surface area contributed by atoms with Crippen LogP contribution in [0.15, 0.2) is 35.6 Å². The van der Waals surface area contributed by atoms with E-state index in [0.29, 0.717) is 0 Å². The van der Waals surface area contributed by atoms with Crippen LogP contribution in [0.2, 0.25) is 0 Å². The summed E-state index contributed by atoms with van der Waals surface area (Å²) < 4.78 is 1.74. The van der Waals surface area contributed by atoms with Crippen molar-refractivity contribution in [3.8, 4) is 0 Å². The van der Waals surface area contributed by atoms with E-state index in [1.807, 2.05) is 13.2 Å². The second-order valence-electron chi connectivity index (χ2n) is 3.49. The molecule has 0 saturated carbocycles. The molecule has 0 radical (unpaired) electrons. The lowest BCUT2D eigenvalue weighted by Gasteiger charge is -2.00. The van der Waals surface area contributed by atoms with Gasteiger partial charge in [-0.05, 0) is 12.1 Å². The maximum Gasteiger partial charge on any atom is 0.354 e. The van der Waals surface area contributed by atoms with Crippen molar-refractivity contribution in [1.29, 1.82) is 0 Å². The zero-order valence-electron chi connectivity index (χ0n) is 9.20. The van der Waals surface area contributed by atoms with Crippen LogP contribution in [-0.4, -0.2) is 25.8 Å². The molecule has 0 aliphatic rings. The SMILES string of the molecule is Cn1cc(CSc2ccnc(C(=O)O)c2)cn1. The van der Waals surface area contributed by atoms with Gasteiger partial charge in [-0.25, -0.2) is 9.78 Å². The summed E-state index contributed by atoms with van der Waals surface area (Å²) >= 11 is 1.56. The number of aromatic carboxylic acids is 1. The molecule has 0 saturated heterocycles. The first-order chi connectivity index (χ1) is 8.15. The summed E-state index contributed by atoms with van der Waals surface area (Å²) in [6.07, 6.45) is 5.24. The van der Waals surface area contributed by atoms with Gasteiger partial charge in [-0.3, -0.25) is 4.68 Å². The highest BCUT2D eigenvalue weighted by atomic mass is 32.2. The molecule has 88 valence electrons. The van der Waals surface area contributed by atoms with Crippen molar-refractivity contribution in [2.75, 3.05) is 0 Å². The standard InChI is InChI=1S/C11H11N3O2S/c1-14-6-8(5-13-14)7-17-9-2-3-12-10(4-9)11(15)16/h2-6H,7H2,1H3,(H,15,16). The topological polar surface area (TPSA) is 68.0 Å². The van der Waals surface area contributed by atoms with Crippen LogP contribution < -0.4 is 0 Å². The number of carbonyl (C=O) groups is 1. The Morgan fingerprint density at radius 3 is 3.06 bits per heavy atom. The minimum absolute atomic E-state index is 0.0705. The minimum atomic E-state index is -1.01. The molecular weight excluding hydrogens is 238 g/mol. The number of rotatable bonds is 4. The van der Waals surface area contributed by atoms with Gasteiger partial charge >= 0.3 is 5.97 Å². The Morgan fingerprint density at radius 1 is 1.59 bits per heavy atom. The Morgan fingerprint density at radius 2 is 2.41 bits per heavy atom. The van der Waals surface area contributed by atoms with Crippen molar-refractivity contribution in [1.82, 2.24) is 14.8 Å². The molecule has 2 heterocycles. The molecule has 17 heavy (non-hydrogen) atoms. The predicted molar refractivity (Wildman–Crippen MR) is 64.0 cm³/mol. The highest BCUT2D eigenvalue weighted by Gasteiger charge is 2.05. The van der Waals surface area contributed by atoms with E-state index in [4.69, 9.17) is 5.11 Å². The van der Waals surface area contributed by atoms with Gasteiger partial charge in [-0.15, -0.1) is 11.8 Å². The van der Waals surface area contributed by atoms with Crippen LogP contribution >= 0.6 is 11.8 Å². The molecule has 0 unspecified atom stereocenters. The number of pyridine rings is 1. The highest BCUT2D eigenvalue weighted by Crippen LogP contribution is 2.22. The minimum Gasteiger partial charge on any atom is -0.477 e. The molecule has 6 heteroatoms. The Kier molecular flexibility index (Phi) is 3.43. The molecule has 0 fully saturated rings. The summed E-state index contributed by atoms with van der Waals surface area (Å²) in [5.74, 6) is -0.245. The molecule has 0 aromatic carbocycles. The molecule has 2 rings (SSSR count). The van der Waals surface area contributed by atoms with Crippen molar-refractivity contribution in [2.24, 2.45) is 7.05 Å². The van der Waals surface area contributed by atoms with Gasteiger partial charge in [0.2, 0.25) is 0 Å². The third kappa shape index (κ3) is 3.07. The van der Waals surface area contributed by atoms with Crippen molar-refractivity contribution < 1.29 is 9.90 Å². The first kappa shape index (κ1) is 11.7. The van der Waals surface area contributed by atoms with Gasteiger partial charge in [0.15, 0.2) is 0 Å². The molecule has 1 N–H and O–H groups in total. The Bertz CT molecular complexity index is 539. The van der Waals surface area contributed by atoms with Crippen LogP contribution in [0, 0.1) is 0 Å². The van der Waals surface area contributed by atoms with Gasteiger partial charge in [0.05, 0.1) is 6.20 Å². The van der Waals surface area contributed by atoms with Gasteiger partial charge in [-0.2, -0.15) is 5.10 Å². The zero-order valence-corrected chi connectivity index (χ0v) is 10.0. The van der Waals surface area contributed by atoms with Gasteiger partial charge in [0.1, 0.15) is 5.69 Å². The largest absolute Gasteiger partial charge is 0.477 e. The second kappa shape index (κ2) is 5.01. The van der Waals surface area contributed by atoms with Crippen LogP contribution in [0.5, 0.6) is 0 Å². The summed E-state index contributed by atoms with van der Waals surface area (Å²) in [7, 11) is 1.86. The average molecular weight is 249 g/mol. The Labute approximate surface area is 102 Å². The quantitative estimate of drug-likeness (QED) is 0.837. The van der Waals surface area contributed by atoms with Crippen LogP contribution in [-0.2, 0) is 12.8 Å². The lowest BCUT2D eigenvalue weighted by molar-refractivity contribution is 0.0690. The Hall–Kier alpha value is -1.82. The third-order valence-electron chi connectivity index (χ3n) is 2.11. The summed E-state index contributed by atoms with van der Waals surface area (Å²) in [6.45, 7) is 0. The van der Waals surface area contributed by atoms with E-state index in [1.165, 1.54) is 6.20 Å². The molecule has 2 aromatic rings. The van der Waals surface area contributed by atoms with Gasteiger partial charge < -0.3 is 5.11 Å². The normalized spacial score (nSPS) is 10.4. The highest BCUT2D eigenvalue weighted by molar-refractivity contribution is 7.98. The monoisotopic (exact) mass is 249 g/mol. The Balaban J connectivity index is 2.04. The van der Waals surface area contributed by atoms with Crippen LogP contribution in [0.1, 0.15) is 16.1 Å². The number of hydrogen-bond acceptors (Lipinski definition) is 4. The van der Waals surface area contributed by atoms with Crippen molar-refractivity contribution in [3.05, 3.63) is 42.0 Å². The van der Waals surface area contributed by atoms with Crippen molar-refractivity contribution >= 4 is 17.7 Å². The van der Waals surface area contributed by atoms with E-state index in [1.54, 1.807) is 34.8 Å². The summed E-state index contributed by atoms with van der Waals surface area (Å²) in [6, 6.07) is 3.37. The lowest BCUT2D eigenvalue weighted by Crippen LogP contribution is -1.99. The molecule has 0 aliphatic carbocycles. The fourth-order valence-electron chi connectivity index (χ4n) is 1.33. The molecule has 0 aliphatic heterocycles. The third-order valence-corrected chi connectivity index (χ3v) is 3.18. The van der Waals surface area contributed by atoms with E-state index in [-0.39, 0.29) is 5.69 Å². The van der Waals surface area contributed by atoms with Crippen molar-refractivity contribution in [2.45, 2.75) is 10.6 Å². The smallest absolute Gasteiger partial charge is 0.354 e. The summed E-state index contributed by atoms with van der Waals surface area (Å²) in [5, 5.41) is 12.9. The number of carboxylic acids is 1. The van der Waals surface area contributed by atoms with E-state index < -0.39 is 5.97 Å². The van der Waals surface area contributed by atoms with E-state index in [9.17, 15) is 4.79 Å². The van der Waals surface area contributed by atoms with Gasteiger partial charge in [-0.1, -0.05) is 0 Å². The fourth-order valence-corrected chi connectivity index (χ4v) is 2.17. The van der Waals surface area contributed by atoms with E-state index >= 15 is 0 Å². The number of hydrogen-bond donors (Lipinski definition) is 1. The fraction of sp³-hybridized carbons (Fsp3) is 0.182. The van der Waals surface area contributed by atoms with Crippen molar-refractivity contribution in [3.63, 3.8) is 0 Å². The van der Waals surface area contributed by atoms with Crippen LogP contribution in [0.3, 0.4) is 0 Å². The number of thioether (sulfide) groups is 1. The second-order valence-corrected chi connectivity index (χ2v) is 4.54. The molecule has 2 aromatic heterocycles. The molecule has 0 bridgehead atoms. The van der Waals surface area contributed by atoms with Crippen LogP contribution in [0.25, 0.3) is 0 Å². The number of carboxylic acid groups (broad SMARTS) is 1. The van der Waals surface area contributed by atoms with Gasteiger partial charge in [0.25, 0.3) is 0 Å². The molecule has 0 atom stereocenters. The summed E-state index contributed by atoms with van der Waals surface area (Å²) in [4.78, 5) is 15.4. The average Bonchev–Trinajstić information content (AvgIpc) is 2.73. The summed E-state index contributed by atoms with van der Waals surface area (Å²) in [5.41, 5.74) is 1.17. The number of nitrogens with zero attached hydrogens (tertiary/aromatic N) is 3. The lowest BCUT2D eigenvalue weighted by atomic mass is 10.3. The predicted octanol–water partition coefficient (Wildman–Crippen LogP) is 1.81. The number of aryl methyl sites for hydroxylation is 1. The first-order valence-electron chi connectivity index (χ1n) is 4.95. The van der Waals surface area contributed by atoms with Gasteiger partial charge in [0, 0.05) is 35.7 Å². The molecule has 5 nitrogen and oxygen atoms in total. The molecule has 0 spiro atoms. The molecule has 0 amide bonds. The maximum atomic E-state index is 10.7. The van der Waals surface area contributed by atoms with E-state index in [2.05, 4.69) is 10.1 Å². The van der Waals surface area contributed by atoms with E-state index in [0.717, 1.165) is 16.2 Å². The maximum absolute atomic E-state index is 10.7. The first-order valence-corrected chi connectivity index (χ1v) is 5.93. The van der Waals surface area contributed by atoms with Crippen LogP contribution in [0.4, 0.5) is 0 Å². The number of aromatic nitrogens is 3. The molecular formula is C11H11N3O2S. The zero-order chi connectivity index (χ0) is 12.3.